The second-order valence-corrected chi connectivity index (χ2v) is 5.72. The topological polar surface area (TPSA) is 68.8 Å². The van der Waals surface area contributed by atoms with Crippen LogP contribution in [0.15, 0.2) is 42.5 Å². The molecule has 0 saturated heterocycles. The Morgan fingerprint density at radius 2 is 1.54 bits per heavy atom. The van der Waals surface area contributed by atoms with E-state index in [0.29, 0.717) is 31.2 Å². The molecule has 2 aromatic rings. The van der Waals surface area contributed by atoms with E-state index in [4.69, 9.17) is 14.2 Å². The highest BCUT2D eigenvalue weighted by molar-refractivity contribution is 5.73. The lowest BCUT2D eigenvalue weighted by atomic mass is 10.2. The van der Waals surface area contributed by atoms with E-state index < -0.39 is 0 Å². The Morgan fingerprint density at radius 1 is 0.885 bits per heavy atom. The minimum atomic E-state index is -0.230. The highest BCUT2D eigenvalue weighted by Crippen LogP contribution is 2.28. The molecule has 0 aromatic heterocycles. The van der Waals surface area contributed by atoms with Gasteiger partial charge in [0.25, 0.3) is 0 Å². The van der Waals surface area contributed by atoms with Gasteiger partial charge in [-0.2, -0.15) is 0 Å². The quantitative estimate of drug-likeness (QED) is 0.720. The summed E-state index contributed by atoms with van der Waals surface area (Å²) in [5, 5.41) is 5.66. The molecule has 6 nitrogen and oxygen atoms in total. The van der Waals surface area contributed by atoms with Crippen LogP contribution in [0.1, 0.15) is 24.5 Å². The van der Waals surface area contributed by atoms with E-state index >= 15 is 0 Å². The van der Waals surface area contributed by atoms with Crippen molar-refractivity contribution >= 4 is 6.03 Å². The van der Waals surface area contributed by atoms with E-state index in [1.807, 2.05) is 42.5 Å². The molecule has 0 fully saturated rings. The van der Waals surface area contributed by atoms with Crippen molar-refractivity contribution in [2.45, 2.75) is 26.4 Å². The van der Waals surface area contributed by atoms with Gasteiger partial charge in [0.2, 0.25) is 0 Å². The van der Waals surface area contributed by atoms with Crippen LogP contribution in [0.25, 0.3) is 0 Å². The highest BCUT2D eigenvalue weighted by Gasteiger charge is 2.07. The third-order valence-corrected chi connectivity index (χ3v) is 3.75. The third-order valence-electron chi connectivity index (χ3n) is 3.75. The zero-order valence-electron chi connectivity index (χ0n) is 15.5. The first-order chi connectivity index (χ1) is 12.7. The number of rotatable bonds is 9. The first-order valence-electron chi connectivity index (χ1n) is 8.60. The van der Waals surface area contributed by atoms with Crippen molar-refractivity contribution < 1.29 is 19.0 Å². The second kappa shape index (κ2) is 10.2. The van der Waals surface area contributed by atoms with Crippen molar-refractivity contribution in [3.8, 4) is 17.2 Å². The number of benzene rings is 2. The lowest BCUT2D eigenvalue weighted by molar-refractivity contribution is 0.240. The van der Waals surface area contributed by atoms with Crippen LogP contribution in [0.5, 0.6) is 17.2 Å². The summed E-state index contributed by atoms with van der Waals surface area (Å²) in [6, 6.07) is 13.0. The van der Waals surface area contributed by atoms with Gasteiger partial charge in [0, 0.05) is 13.1 Å². The van der Waals surface area contributed by atoms with Crippen LogP contribution in [-0.4, -0.2) is 26.9 Å². The standard InChI is InChI=1S/C20H26N2O4/c1-4-11-26-18-10-7-16(12-19(18)25-3)14-22-20(23)21-13-15-5-8-17(24-2)9-6-15/h5-10,12H,4,11,13-14H2,1-3H3,(H2,21,22,23). The van der Waals surface area contributed by atoms with Gasteiger partial charge in [-0.25, -0.2) is 4.79 Å². The van der Waals surface area contributed by atoms with Gasteiger partial charge in [0.05, 0.1) is 20.8 Å². The number of carbonyl (C=O) groups is 1. The molecule has 0 aliphatic rings. The van der Waals surface area contributed by atoms with Crippen LogP contribution in [0.4, 0.5) is 4.79 Å². The SMILES string of the molecule is CCCOc1ccc(CNC(=O)NCc2ccc(OC)cc2)cc1OC. The van der Waals surface area contributed by atoms with E-state index in [0.717, 1.165) is 23.3 Å². The van der Waals surface area contributed by atoms with E-state index in [9.17, 15) is 4.79 Å². The first kappa shape index (κ1) is 19.4. The van der Waals surface area contributed by atoms with Crippen LogP contribution in [0.2, 0.25) is 0 Å². The van der Waals surface area contributed by atoms with Crippen molar-refractivity contribution in [1.29, 1.82) is 0 Å². The number of amides is 2. The van der Waals surface area contributed by atoms with Crippen molar-refractivity contribution in [3.05, 3.63) is 53.6 Å². The monoisotopic (exact) mass is 358 g/mol. The van der Waals surface area contributed by atoms with Gasteiger partial charge in [-0.3, -0.25) is 0 Å². The summed E-state index contributed by atoms with van der Waals surface area (Å²) in [4.78, 5) is 12.0. The van der Waals surface area contributed by atoms with Crippen LogP contribution in [0, 0.1) is 0 Å². The fraction of sp³-hybridized carbons (Fsp3) is 0.350. The summed E-state index contributed by atoms with van der Waals surface area (Å²) < 4.78 is 16.1. The predicted octanol–water partition coefficient (Wildman–Crippen LogP) is 3.49. The average Bonchev–Trinajstić information content (AvgIpc) is 2.69. The first-order valence-corrected chi connectivity index (χ1v) is 8.60. The number of hydrogen-bond acceptors (Lipinski definition) is 4. The maximum atomic E-state index is 12.0. The van der Waals surface area contributed by atoms with Crippen molar-refractivity contribution in [2.24, 2.45) is 0 Å². The zero-order valence-corrected chi connectivity index (χ0v) is 15.5. The minimum Gasteiger partial charge on any atom is -0.497 e. The number of hydrogen-bond donors (Lipinski definition) is 2. The molecular weight excluding hydrogens is 332 g/mol. The summed E-state index contributed by atoms with van der Waals surface area (Å²) in [6.07, 6.45) is 0.931. The summed E-state index contributed by atoms with van der Waals surface area (Å²) >= 11 is 0. The van der Waals surface area contributed by atoms with Gasteiger partial charge in [0.15, 0.2) is 11.5 Å². The lowest BCUT2D eigenvalue weighted by Gasteiger charge is -2.12. The Hall–Kier alpha value is -2.89. The van der Waals surface area contributed by atoms with Crippen LogP contribution >= 0.6 is 0 Å². The summed E-state index contributed by atoms with van der Waals surface area (Å²) in [7, 11) is 3.23. The fourth-order valence-corrected chi connectivity index (χ4v) is 2.32. The smallest absolute Gasteiger partial charge is 0.315 e. The van der Waals surface area contributed by atoms with Crippen LogP contribution in [-0.2, 0) is 13.1 Å². The molecule has 6 heteroatoms. The molecule has 2 amide bonds. The Morgan fingerprint density at radius 3 is 2.15 bits per heavy atom. The molecule has 26 heavy (non-hydrogen) atoms. The molecule has 0 aliphatic carbocycles. The van der Waals surface area contributed by atoms with E-state index in [2.05, 4.69) is 17.6 Å². The molecular formula is C20H26N2O4. The van der Waals surface area contributed by atoms with Crippen molar-refractivity contribution in [1.82, 2.24) is 10.6 Å². The summed E-state index contributed by atoms with van der Waals surface area (Å²) in [5.74, 6) is 2.16. The molecule has 0 saturated carbocycles. The average molecular weight is 358 g/mol. The molecule has 0 aliphatic heterocycles. The van der Waals surface area contributed by atoms with Gasteiger partial charge in [-0.15, -0.1) is 0 Å². The molecule has 2 rings (SSSR count). The molecule has 0 radical (unpaired) electrons. The highest BCUT2D eigenvalue weighted by atomic mass is 16.5. The number of urea groups is 1. The lowest BCUT2D eigenvalue weighted by Crippen LogP contribution is -2.34. The van der Waals surface area contributed by atoms with E-state index in [-0.39, 0.29) is 6.03 Å². The van der Waals surface area contributed by atoms with Crippen molar-refractivity contribution in [2.75, 3.05) is 20.8 Å². The van der Waals surface area contributed by atoms with Gasteiger partial charge in [-0.05, 0) is 41.8 Å². The van der Waals surface area contributed by atoms with Gasteiger partial charge in [-0.1, -0.05) is 25.1 Å². The largest absolute Gasteiger partial charge is 0.497 e. The Labute approximate surface area is 154 Å². The summed E-state index contributed by atoms with van der Waals surface area (Å²) in [5.41, 5.74) is 1.94. The fourth-order valence-electron chi connectivity index (χ4n) is 2.32. The van der Waals surface area contributed by atoms with Gasteiger partial charge < -0.3 is 24.8 Å². The van der Waals surface area contributed by atoms with E-state index in [1.54, 1.807) is 14.2 Å². The summed E-state index contributed by atoms with van der Waals surface area (Å²) in [6.45, 7) is 3.54. The molecule has 140 valence electrons. The molecule has 0 atom stereocenters. The van der Waals surface area contributed by atoms with Crippen LogP contribution < -0.4 is 24.8 Å². The Kier molecular flexibility index (Phi) is 7.61. The molecule has 0 heterocycles. The molecule has 0 bridgehead atoms. The molecule has 2 N–H and O–H groups in total. The molecule has 2 aromatic carbocycles. The minimum absolute atomic E-state index is 0.230. The van der Waals surface area contributed by atoms with Gasteiger partial charge >= 0.3 is 6.03 Å². The molecule has 0 unspecified atom stereocenters. The van der Waals surface area contributed by atoms with Crippen molar-refractivity contribution in [3.63, 3.8) is 0 Å². The van der Waals surface area contributed by atoms with Gasteiger partial charge in [0.1, 0.15) is 5.75 Å². The second-order valence-electron chi connectivity index (χ2n) is 5.72. The number of ether oxygens (including phenoxy) is 3. The zero-order chi connectivity index (χ0) is 18.8. The maximum Gasteiger partial charge on any atom is 0.315 e. The van der Waals surface area contributed by atoms with Crippen LogP contribution in [0.3, 0.4) is 0 Å². The Bertz CT molecular complexity index is 701. The maximum absolute atomic E-state index is 12.0. The predicted molar refractivity (Wildman–Crippen MR) is 101 cm³/mol. The normalized spacial score (nSPS) is 10.1. The van der Waals surface area contributed by atoms with E-state index in [1.165, 1.54) is 0 Å². The number of methoxy groups -OCH3 is 2. The Balaban J connectivity index is 1.82. The third kappa shape index (κ3) is 5.88. The number of nitrogens with one attached hydrogen (secondary N) is 2. The molecule has 0 spiro atoms. The number of carbonyl (C=O) groups excluding carboxylic acids is 1.